The zero-order chi connectivity index (χ0) is 13.0. The Hall–Kier alpha value is -1.20. The van der Waals surface area contributed by atoms with Crippen LogP contribution in [0.2, 0.25) is 0 Å². The first-order chi connectivity index (χ1) is 8.74. The lowest BCUT2D eigenvalue weighted by Gasteiger charge is -2.34. The summed E-state index contributed by atoms with van der Waals surface area (Å²) in [6.07, 6.45) is 3.62. The Bertz CT molecular complexity index is 398. The van der Waals surface area contributed by atoms with E-state index in [2.05, 4.69) is 9.88 Å². The molecule has 1 fully saturated rings. The SMILES string of the molecule is CCOC1CCCN(c2ncc(F)cc2CN)C1. The van der Waals surface area contributed by atoms with Crippen LogP contribution in [0.4, 0.5) is 10.2 Å². The van der Waals surface area contributed by atoms with Crippen LogP contribution in [0.1, 0.15) is 25.3 Å². The molecule has 2 N–H and O–H groups in total. The maximum atomic E-state index is 13.1. The molecule has 1 saturated heterocycles. The van der Waals surface area contributed by atoms with Gasteiger partial charge in [0.05, 0.1) is 12.3 Å². The van der Waals surface area contributed by atoms with Crippen molar-refractivity contribution in [3.05, 3.63) is 23.6 Å². The Morgan fingerprint density at radius 3 is 3.17 bits per heavy atom. The molecule has 0 radical (unpaired) electrons. The molecule has 0 spiro atoms. The quantitative estimate of drug-likeness (QED) is 0.887. The number of hydrogen-bond acceptors (Lipinski definition) is 4. The van der Waals surface area contributed by atoms with Crippen molar-refractivity contribution in [3.8, 4) is 0 Å². The van der Waals surface area contributed by atoms with Crippen LogP contribution in [0, 0.1) is 5.82 Å². The summed E-state index contributed by atoms with van der Waals surface area (Å²) in [7, 11) is 0. The van der Waals surface area contributed by atoms with Gasteiger partial charge in [0, 0.05) is 31.8 Å². The van der Waals surface area contributed by atoms with Gasteiger partial charge in [0.15, 0.2) is 0 Å². The van der Waals surface area contributed by atoms with Gasteiger partial charge in [-0.15, -0.1) is 0 Å². The van der Waals surface area contributed by atoms with Crippen molar-refractivity contribution in [3.63, 3.8) is 0 Å². The normalized spacial score (nSPS) is 20.2. The molecule has 0 aromatic carbocycles. The van der Waals surface area contributed by atoms with Crippen molar-refractivity contribution in [1.82, 2.24) is 4.98 Å². The highest BCUT2D eigenvalue weighted by atomic mass is 19.1. The molecule has 1 unspecified atom stereocenters. The van der Waals surface area contributed by atoms with Crippen molar-refractivity contribution in [2.24, 2.45) is 5.73 Å². The molecule has 0 saturated carbocycles. The molecular weight excluding hydrogens is 233 g/mol. The lowest BCUT2D eigenvalue weighted by atomic mass is 10.1. The molecule has 2 heterocycles. The number of rotatable bonds is 4. The first-order valence-corrected chi connectivity index (χ1v) is 6.45. The predicted octanol–water partition coefficient (Wildman–Crippen LogP) is 1.68. The smallest absolute Gasteiger partial charge is 0.141 e. The highest BCUT2D eigenvalue weighted by Crippen LogP contribution is 2.23. The third-order valence-electron chi connectivity index (χ3n) is 3.21. The lowest BCUT2D eigenvalue weighted by molar-refractivity contribution is 0.0525. The summed E-state index contributed by atoms with van der Waals surface area (Å²) in [5, 5.41) is 0. The predicted molar refractivity (Wildman–Crippen MR) is 68.9 cm³/mol. The third-order valence-corrected chi connectivity index (χ3v) is 3.21. The van der Waals surface area contributed by atoms with Gasteiger partial charge in [0.25, 0.3) is 0 Å². The number of piperidine rings is 1. The number of pyridine rings is 1. The Labute approximate surface area is 107 Å². The van der Waals surface area contributed by atoms with Crippen LogP contribution in [0.25, 0.3) is 0 Å². The molecule has 0 bridgehead atoms. The van der Waals surface area contributed by atoms with Crippen LogP contribution in [0.15, 0.2) is 12.3 Å². The van der Waals surface area contributed by atoms with Gasteiger partial charge in [-0.25, -0.2) is 9.37 Å². The van der Waals surface area contributed by atoms with Crippen LogP contribution in [0.5, 0.6) is 0 Å². The maximum Gasteiger partial charge on any atom is 0.141 e. The first kappa shape index (κ1) is 13.2. The van der Waals surface area contributed by atoms with Crippen molar-refractivity contribution in [2.45, 2.75) is 32.4 Å². The molecule has 1 aliphatic heterocycles. The number of hydrogen-bond donors (Lipinski definition) is 1. The van der Waals surface area contributed by atoms with E-state index in [-0.39, 0.29) is 11.9 Å². The van der Waals surface area contributed by atoms with E-state index in [1.807, 2.05) is 6.92 Å². The van der Waals surface area contributed by atoms with Gasteiger partial charge in [0.1, 0.15) is 11.6 Å². The van der Waals surface area contributed by atoms with Gasteiger partial charge >= 0.3 is 0 Å². The van der Waals surface area contributed by atoms with Crippen LogP contribution < -0.4 is 10.6 Å². The molecule has 100 valence electrons. The van der Waals surface area contributed by atoms with Crippen molar-refractivity contribution < 1.29 is 9.13 Å². The van der Waals surface area contributed by atoms with Crippen molar-refractivity contribution in [2.75, 3.05) is 24.6 Å². The number of nitrogens with two attached hydrogens (primary N) is 1. The number of aromatic nitrogens is 1. The molecule has 0 aliphatic carbocycles. The minimum atomic E-state index is -0.336. The lowest BCUT2D eigenvalue weighted by Crippen LogP contribution is -2.40. The second kappa shape index (κ2) is 6.11. The van der Waals surface area contributed by atoms with Crippen LogP contribution in [-0.2, 0) is 11.3 Å². The van der Waals surface area contributed by atoms with E-state index in [4.69, 9.17) is 10.5 Å². The minimum Gasteiger partial charge on any atom is -0.377 e. The fourth-order valence-corrected chi connectivity index (χ4v) is 2.41. The molecule has 2 rings (SSSR count). The van der Waals surface area contributed by atoms with Gasteiger partial charge in [-0.3, -0.25) is 0 Å². The van der Waals surface area contributed by atoms with E-state index >= 15 is 0 Å². The second-order valence-corrected chi connectivity index (χ2v) is 4.51. The summed E-state index contributed by atoms with van der Waals surface area (Å²) in [6, 6.07) is 1.46. The largest absolute Gasteiger partial charge is 0.377 e. The summed E-state index contributed by atoms with van der Waals surface area (Å²) in [4.78, 5) is 6.33. The standard InChI is InChI=1S/C13H20FN3O/c1-2-18-12-4-3-5-17(9-12)13-10(7-15)6-11(14)8-16-13/h6,8,12H,2-5,7,9,15H2,1H3. The fraction of sp³-hybridized carbons (Fsp3) is 0.615. The summed E-state index contributed by atoms with van der Waals surface area (Å²) in [6.45, 7) is 4.75. The molecule has 1 aromatic heterocycles. The molecule has 0 amide bonds. The van der Waals surface area contributed by atoms with Crippen molar-refractivity contribution >= 4 is 5.82 Å². The number of halogens is 1. The van der Waals surface area contributed by atoms with Gasteiger partial charge in [-0.1, -0.05) is 0 Å². The summed E-state index contributed by atoms with van der Waals surface area (Å²) < 4.78 is 18.8. The Morgan fingerprint density at radius 1 is 1.61 bits per heavy atom. The monoisotopic (exact) mass is 253 g/mol. The number of nitrogens with zero attached hydrogens (tertiary/aromatic N) is 2. The van der Waals surface area contributed by atoms with Crippen molar-refractivity contribution in [1.29, 1.82) is 0 Å². The molecule has 4 nitrogen and oxygen atoms in total. The van der Waals surface area contributed by atoms with Gasteiger partial charge in [-0.2, -0.15) is 0 Å². The average Bonchev–Trinajstić information content (AvgIpc) is 2.39. The zero-order valence-electron chi connectivity index (χ0n) is 10.7. The second-order valence-electron chi connectivity index (χ2n) is 4.51. The van der Waals surface area contributed by atoms with Gasteiger partial charge in [-0.05, 0) is 25.8 Å². The van der Waals surface area contributed by atoms with Crippen LogP contribution in [0.3, 0.4) is 0 Å². The molecule has 18 heavy (non-hydrogen) atoms. The maximum absolute atomic E-state index is 13.1. The minimum absolute atomic E-state index is 0.237. The molecule has 1 atom stereocenters. The Morgan fingerprint density at radius 2 is 2.44 bits per heavy atom. The number of anilines is 1. The third kappa shape index (κ3) is 2.97. The Kier molecular flexibility index (Phi) is 4.49. The topological polar surface area (TPSA) is 51.4 Å². The Balaban J connectivity index is 2.15. The van der Waals surface area contributed by atoms with Gasteiger partial charge in [0.2, 0.25) is 0 Å². The molecule has 1 aliphatic rings. The highest BCUT2D eigenvalue weighted by molar-refractivity contribution is 5.47. The summed E-state index contributed by atoms with van der Waals surface area (Å²) in [5.41, 5.74) is 6.41. The fourth-order valence-electron chi connectivity index (χ4n) is 2.41. The zero-order valence-corrected chi connectivity index (χ0v) is 10.7. The van der Waals surface area contributed by atoms with E-state index in [1.54, 1.807) is 0 Å². The number of ether oxygens (including phenoxy) is 1. The first-order valence-electron chi connectivity index (χ1n) is 6.45. The van der Waals surface area contributed by atoms with Crippen LogP contribution in [-0.4, -0.2) is 30.8 Å². The van der Waals surface area contributed by atoms with E-state index in [0.29, 0.717) is 6.54 Å². The molecule has 5 heteroatoms. The summed E-state index contributed by atoms with van der Waals surface area (Å²) in [5.74, 6) is 0.459. The van der Waals surface area contributed by atoms with E-state index < -0.39 is 0 Å². The van der Waals surface area contributed by atoms with Crippen LogP contribution >= 0.6 is 0 Å². The molecular formula is C13H20FN3O. The van der Waals surface area contributed by atoms with Gasteiger partial charge < -0.3 is 15.4 Å². The highest BCUT2D eigenvalue weighted by Gasteiger charge is 2.22. The summed E-state index contributed by atoms with van der Waals surface area (Å²) >= 11 is 0. The van der Waals surface area contributed by atoms with E-state index in [1.165, 1.54) is 12.3 Å². The van der Waals surface area contributed by atoms with E-state index in [0.717, 1.165) is 43.9 Å². The molecule has 1 aromatic rings. The van der Waals surface area contributed by atoms with E-state index in [9.17, 15) is 4.39 Å². The average molecular weight is 253 g/mol.